The minimum Gasteiger partial charge on any atom is -0.494 e. The van der Waals surface area contributed by atoms with E-state index < -0.39 is 28.5 Å². The molecule has 0 unspecified atom stereocenters. The first kappa shape index (κ1) is 30.0. The van der Waals surface area contributed by atoms with Gasteiger partial charge in [-0.2, -0.15) is 0 Å². The van der Waals surface area contributed by atoms with Gasteiger partial charge in [-0.25, -0.2) is 8.42 Å². The Morgan fingerprint density at radius 1 is 0.949 bits per heavy atom. The van der Waals surface area contributed by atoms with E-state index in [1.165, 1.54) is 29.2 Å². The van der Waals surface area contributed by atoms with Crippen LogP contribution in [0, 0.1) is 0 Å². The molecule has 0 bridgehead atoms. The molecule has 208 valence electrons. The molecule has 0 aromatic heterocycles. The maximum atomic E-state index is 13.8. The fourth-order valence-electron chi connectivity index (χ4n) is 3.90. The molecule has 0 aliphatic heterocycles. The number of amides is 2. The van der Waals surface area contributed by atoms with Crippen molar-refractivity contribution in [3.05, 3.63) is 89.4 Å². The minimum absolute atomic E-state index is 0.0167. The lowest BCUT2D eigenvalue weighted by atomic mass is 10.1. The number of rotatable bonds is 13. The van der Waals surface area contributed by atoms with E-state index in [9.17, 15) is 18.0 Å². The molecule has 10 heteroatoms. The summed E-state index contributed by atoms with van der Waals surface area (Å²) in [6, 6.07) is 20.7. The van der Waals surface area contributed by atoms with Gasteiger partial charge < -0.3 is 15.0 Å². The fraction of sp³-hybridized carbons (Fsp3) is 0.310. The van der Waals surface area contributed by atoms with Crippen molar-refractivity contribution in [1.82, 2.24) is 10.2 Å². The van der Waals surface area contributed by atoms with Crippen LogP contribution in [0.15, 0.2) is 83.8 Å². The third-order valence-corrected chi connectivity index (χ3v) is 8.07. The lowest BCUT2D eigenvalue weighted by molar-refractivity contribution is -0.139. The van der Waals surface area contributed by atoms with Crippen molar-refractivity contribution in [1.29, 1.82) is 0 Å². The van der Waals surface area contributed by atoms with Crippen LogP contribution in [-0.4, -0.2) is 50.9 Å². The highest BCUT2D eigenvalue weighted by Crippen LogP contribution is 2.27. The molecule has 0 radical (unpaired) electrons. The van der Waals surface area contributed by atoms with Gasteiger partial charge in [0.15, 0.2) is 0 Å². The number of sulfonamides is 1. The summed E-state index contributed by atoms with van der Waals surface area (Å²) in [5.74, 6) is -0.262. The molecule has 39 heavy (non-hydrogen) atoms. The second-order valence-corrected chi connectivity index (χ2v) is 11.2. The molecule has 0 spiro atoms. The van der Waals surface area contributed by atoms with Crippen molar-refractivity contribution in [2.45, 2.75) is 44.7 Å². The van der Waals surface area contributed by atoms with Crippen LogP contribution in [0.4, 0.5) is 5.69 Å². The van der Waals surface area contributed by atoms with Gasteiger partial charge in [0.25, 0.3) is 10.0 Å². The standard InChI is InChI=1S/C29H34ClN3O5S/c1-4-19-31-29(35)22(3)32(20-23-9-7-6-8-10-23)28(34)21-33(25-13-15-26(16-14-25)38-5-2)39(36,37)27-17-11-24(30)12-18-27/h6-18,22H,4-5,19-21H2,1-3H3,(H,31,35)/t22-/m0/s1. The summed E-state index contributed by atoms with van der Waals surface area (Å²) in [6.07, 6.45) is 0.746. The first-order valence-electron chi connectivity index (χ1n) is 12.8. The Morgan fingerprint density at radius 3 is 2.18 bits per heavy atom. The predicted octanol–water partition coefficient (Wildman–Crippen LogP) is 4.88. The average molecular weight is 572 g/mol. The quantitative estimate of drug-likeness (QED) is 0.315. The van der Waals surface area contributed by atoms with Crippen LogP contribution < -0.4 is 14.4 Å². The smallest absolute Gasteiger partial charge is 0.264 e. The highest BCUT2D eigenvalue weighted by atomic mass is 35.5. The van der Waals surface area contributed by atoms with Crippen molar-refractivity contribution in [2.24, 2.45) is 0 Å². The topological polar surface area (TPSA) is 96.0 Å². The molecule has 3 aromatic rings. The molecule has 3 rings (SSSR count). The Kier molecular flexibility index (Phi) is 10.8. The Hall–Kier alpha value is -3.56. The van der Waals surface area contributed by atoms with Gasteiger partial charge in [0.1, 0.15) is 18.3 Å². The lowest BCUT2D eigenvalue weighted by Gasteiger charge is -2.32. The van der Waals surface area contributed by atoms with Gasteiger partial charge in [-0.3, -0.25) is 13.9 Å². The second-order valence-electron chi connectivity index (χ2n) is 8.87. The largest absolute Gasteiger partial charge is 0.494 e. The van der Waals surface area contributed by atoms with E-state index in [-0.39, 0.29) is 23.0 Å². The summed E-state index contributed by atoms with van der Waals surface area (Å²) < 4.78 is 34.2. The van der Waals surface area contributed by atoms with E-state index in [0.29, 0.717) is 23.9 Å². The lowest BCUT2D eigenvalue weighted by Crippen LogP contribution is -2.51. The van der Waals surface area contributed by atoms with Gasteiger partial charge in [0.05, 0.1) is 17.2 Å². The Labute approximate surface area is 235 Å². The van der Waals surface area contributed by atoms with Crippen molar-refractivity contribution < 1.29 is 22.7 Å². The third-order valence-electron chi connectivity index (χ3n) is 6.03. The SMILES string of the molecule is CCCNC(=O)[C@H](C)N(Cc1ccccc1)C(=O)CN(c1ccc(OCC)cc1)S(=O)(=O)c1ccc(Cl)cc1. The molecule has 1 atom stereocenters. The van der Waals surface area contributed by atoms with E-state index in [1.807, 2.05) is 44.2 Å². The van der Waals surface area contributed by atoms with Crippen molar-refractivity contribution in [3.8, 4) is 5.75 Å². The number of nitrogens with one attached hydrogen (secondary N) is 1. The first-order chi connectivity index (χ1) is 18.7. The monoisotopic (exact) mass is 571 g/mol. The van der Waals surface area contributed by atoms with Gasteiger partial charge >= 0.3 is 0 Å². The Morgan fingerprint density at radius 2 is 1.59 bits per heavy atom. The maximum Gasteiger partial charge on any atom is 0.264 e. The number of hydrogen-bond acceptors (Lipinski definition) is 5. The summed E-state index contributed by atoms with van der Waals surface area (Å²) in [5.41, 5.74) is 1.10. The molecule has 0 aliphatic rings. The number of halogens is 1. The minimum atomic E-state index is -4.17. The van der Waals surface area contributed by atoms with Gasteiger partial charge in [0, 0.05) is 18.1 Å². The van der Waals surface area contributed by atoms with Gasteiger partial charge in [-0.05, 0) is 74.4 Å². The van der Waals surface area contributed by atoms with Crippen molar-refractivity contribution in [2.75, 3.05) is 24.0 Å². The summed E-state index contributed by atoms with van der Waals surface area (Å²) in [6.45, 7) is 5.98. The second kappa shape index (κ2) is 14.0. The molecular weight excluding hydrogens is 538 g/mol. The zero-order valence-corrected chi connectivity index (χ0v) is 23.9. The van der Waals surface area contributed by atoms with Crippen LogP contribution in [0.3, 0.4) is 0 Å². The molecule has 2 amide bonds. The number of hydrogen-bond donors (Lipinski definition) is 1. The van der Waals surface area contributed by atoms with E-state index in [2.05, 4.69) is 5.32 Å². The van der Waals surface area contributed by atoms with E-state index in [4.69, 9.17) is 16.3 Å². The molecule has 3 aromatic carbocycles. The predicted molar refractivity (Wildman–Crippen MR) is 153 cm³/mol. The number of carbonyl (C=O) groups is 2. The highest BCUT2D eigenvalue weighted by Gasteiger charge is 2.32. The number of ether oxygens (including phenoxy) is 1. The maximum absolute atomic E-state index is 13.8. The van der Waals surface area contributed by atoms with Crippen LogP contribution in [-0.2, 0) is 26.2 Å². The van der Waals surface area contributed by atoms with Gasteiger partial charge in [-0.1, -0.05) is 48.9 Å². The van der Waals surface area contributed by atoms with Crippen molar-refractivity contribution >= 4 is 39.1 Å². The normalized spacial score (nSPS) is 11.9. The molecule has 8 nitrogen and oxygen atoms in total. The zero-order valence-electron chi connectivity index (χ0n) is 22.3. The molecule has 0 saturated carbocycles. The Balaban J connectivity index is 2.00. The van der Waals surface area contributed by atoms with Crippen LogP contribution >= 0.6 is 11.6 Å². The van der Waals surface area contributed by atoms with E-state index in [0.717, 1.165) is 16.3 Å². The van der Waals surface area contributed by atoms with Gasteiger partial charge in [-0.15, -0.1) is 0 Å². The fourth-order valence-corrected chi connectivity index (χ4v) is 5.44. The number of benzene rings is 3. The van der Waals surface area contributed by atoms with E-state index >= 15 is 0 Å². The molecule has 0 fully saturated rings. The number of anilines is 1. The van der Waals surface area contributed by atoms with Crippen LogP contribution in [0.1, 0.15) is 32.8 Å². The molecule has 0 aliphatic carbocycles. The molecule has 0 saturated heterocycles. The first-order valence-corrected chi connectivity index (χ1v) is 14.6. The zero-order chi connectivity index (χ0) is 28.4. The summed E-state index contributed by atoms with van der Waals surface area (Å²) in [5, 5.41) is 3.21. The highest BCUT2D eigenvalue weighted by molar-refractivity contribution is 7.92. The summed E-state index contributed by atoms with van der Waals surface area (Å²) in [7, 11) is -4.17. The van der Waals surface area contributed by atoms with Gasteiger partial charge in [0.2, 0.25) is 11.8 Å². The molecule has 1 N–H and O–H groups in total. The number of nitrogens with zero attached hydrogens (tertiary/aromatic N) is 2. The number of carbonyl (C=O) groups excluding carboxylic acids is 2. The van der Waals surface area contributed by atoms with Crippen LogP contribution in [0.25, 0.3) is 0 Å². The average Bonchev–Trinajstić information content (AvgIpc) is 2.94. The molecular formula is C29H34ClN3O5S. The van der Waals surface area contributed by atoms with Crippen LogP contribution in [0.2, 0.25) is 5.02 Å². The molecule has 0 heterocycles. The third kappa shape index (κ3) is 7.97. The van der Waals surface area contributed by atoms with E-state index in [1.54, 1.807) is 31.2 Å². The van der Waals surface area contributed by atoms with Crippen LogP contribution in [0.5, 0.6) is 5.75 Å². The summed E-state index contributed by atoms with van der Waals surface area (Å²) in [4.78, 5) is 28.1. The Bertz CT molecular complexity index is 1330. The van der Waals surface area contributed by atoms with Crippen molar-refractivity contribution in [3.63, 3.8) is 0 Å². The summed E-state index contributed by atoms with van der Waals surface area (Å²) >= 11 is 5.99.